The molecule has 0 aliphatic rings. The lowest BCUT2D eigenvalue weighted by atomic mass is 9.93. The number of imidazole rings is 1. The molecule has 0 amide bonds. The van der Waals surface area contributed by atoms with Crippen molar-refractivity contribution in [2.45, 2.75) is 26.2 Å². The van der Waals surface area contributed by atoms with Crippen LogP contribution in [0, 0.1) is 0 Å². The molecule has 5 heteroatoms. The summed E-state index contributed by atoms with van der Waals surface area (Å²) in [6, 6.07) is 10.2. The van der Waals surface area contributed by atoms with Crippen LogP contribution < -0.4 is 5.73 Å². The molecule has 3 heterocycles. The molecule has 0 saturated carbocycles. The second kappa shape index (κ2) is 5.03. The van der Waals surface area contributed by atoms with Crippen molar-refractivity contribution in [2.75, 3.05) is 5.73 Å². The highest BCUT2D eigenvalue weighted by Gasteiger charge is 2.17. The number of hydrogen-bond donors (Lipinski definition) is 1. The Morgan fingerprint density at radius 2 is 1.75 bits per heavy atom. The number of nitrogens with zero attached hydrogens (tertiary/aromatic N) is 4. The highest BCUT2D eigenvalue weighted by Crippen LogP contribution is 2.26. The molecular weight excluding hydrogens is 298 g/mol. The summed E-state index contributed by atoms with van der Waals surface area (Å²) in [5.74, 6) is 0.296. The minimum absolute atomic E-state index is 0.0341. The molecule has 4 rings (SSSR count). The average molecular weight is 317 g/mol. The van der Waals surface area contributed by atoms with Crippen molar-refractivity contribution in [3.63, 3.8) is 0 Å². The predicted molar refractivity (Wildman–Crippen MR) is 96.8 cm³/mol. The van der Waals surface area contributed by atoms with Crippen LogP contribution in [0.5, 0.6) is 0 Å². The topological polar surface area (TPSA) is 69.1 Å². The molecular formula is C19H19N5. The van der Waals surface area contributed by atoms with Crippen LogP contribution in [0.25, 0.3) is 27.7 Å². The lowest BCUT2D eigenvalue weighted by Gasteiger charge is -2.13. The minimum atomic E-state index is 0.0341. The molecule has 0 fully saturated rings. The third-order valence-corrected chi connectivity index (χ3v) is 4.15. The molecule has 4 aromatic rings. The van der Waals surface area contributed by atoms with Gasteiger partial charge in [0.1, 0.15) is 5.65 Å². The van der Waals surface area contributed by atoms with Crippen LogP contribution in [0.2, 0.25) is 0 Å². The molecule has 0 unspecified atom stereocenters. The predicted octanol–water partition coefficient (Wildman–Crippen LogP) is 3.82. The number of benzene rings is 1. The third kappa shape index (κ3) is 2.48. The van der Waals surface area contributed by atoms with E-state index < -0.39 is 0 Å². The molecule has 0 aliphatic carbocycles. The van der Waals surface area contributed by atoms with E-state index in [0.29, 0.717) is 5.95 Å². The number of pyridine rings is 1. The maximum Gasteiger partial charge on any atom is 0.220 e. The highest BCUT2D eigenvalue weighted by molar-refractivity contribution is 5.84. The summed E-state index contributed by atoms with van der Waals surface area (Å²) in [6.45, 7) is 6.51. The van der Waals surface area contributed by atoms with E-state index in [4.69, 9.17) is 10.7 Å². The van der Waals surface area contributed by atoms with Gasteiger partial charge in [-0.25, -0.2) is 15.0 Å². The van der Waals surface area contributed by atoms with Gasteiger partial charge < -0.3 is 10.1 Å². The lowest BCUT2D eigenvalue weighted by molar-refractivity contribution is 0.573. The molecule has 0 spiro atoms. The molecule has 0 radical (unpaired) electrons. The Morgan fingerprint density at radius 1 is 0.958 bits per heavy atom. The molecule has 2 N–H and O–H groups in total. The van der Waals surface area contributed by atoms with Crippen molar-refractivity contribution in [1.29, 1.82) is 0 Å². The van der Waals surface area contributed by atoms with Gasteiger partial charge in [0.2, 0.25) is 5.95 Å². The summed E-state index contributed by atoms with van der Waals surface area (Å²) in [4.78, 5) is 13.0. The third-order valence-electron chi connectivity index (χ3n) is 4.15. The number of anilines is 1. The summed E-state index contributed by atoms with van der Waals surface area (Å²) >= 11 is 0. The SMILES string of the molecule is CC(C)(C)c1cn2cc(-c3ccc4nc(N)ncc4c3)ccc2n1. The van der Waals surface area contributed by atoms with Crippen molar-refractivity contribution in [3.05, 3.63) is 54.6 Å². The standard InChI is InChI=1S/C19H19N5/c1-19(2,3)16-11-24-10-13(5-7-17(24)23-16)12-4-6-15-14(8-12)9-21-18(20)22-15/h4-11H,1-3H3,(H2,20,21,22). The zero-order valence-corrected chi connectivity index (χ0v) is 14.0. The van der Waals surface area contributed by atoms with Crippen molar-refractivity contribution >= 4 is 22.5 Å². The second-order valence-corrected chi connectivity index (χ2v) is 7.06. The van der Waals surface area contributed by atoms with Crippen molar-refractivity contribution in [1.82, 2.24) is 19.4 Å². The van der Waals surface area contributed by atoms with Gasteiger partial charge in [-0.2, -0.15) is 0 Å². The highest BCUT2D eigenvalue weighted by atomic mass is 15.0. The summed E-state index contributed by atoms with van der Waals surface area (Å²) < 4.78 is 2.08. The Balaban J connectivity index is 1.82. The Kier molecular flexibility index (Phi) is 3.06. The summed E-state index contributed by atoms with van der Waals surface area (Å²) in [6.07, 6.45) is 5.97. The maximum absolute atomic E-state index is 5.64. The largest absolute Gasteiger partial charge is 0.368 e. The quantitative estimate of drug-likeness (QED) is 0.579. The number of nitrogen functional groups attached to an aromatic ring is 1. The fourth-order valence-corrected chi connectivity index (χ4v) is 2.75. The Bertz CT molecular complexity index is 1060. The molecule has 24 heavy (non-hydrogen) atoms. The molecule has 120 valence electrons. The summed E-state index contributed by atoms with van der Waals surface area (Å²) in [5, 5.41) is 0.975. The van der Waals surface area contributed by atoms with Crippen LogP contribution in [0.3, 0.4) is 0 Å². The Morgan fingerprint density at radius 3 is 2.54 bits per heavy atom. The molecule has 3 aromatic heterocycles. The number of rotatable bonds is 1. The van der Waals surface area contributed by atoms with E-state index in [1.165, 1.54) is 0 Å². The van der Waals surface area contributed by atoms with Gasteiger partial charge in [-0.1, -0.05) is 26.8 Å². The number of nitrogens with two attached hydrogens (primary N) is 1. The smallest absolute Gasteiger partial charge is 0.220 e. The molecule has 5 nitrogen and oxygen atoms in total. The van der Waals surface area contributed by atoms with E-state index in [-0.39, 0.29) is 5.41 Å². The maximum atomic E-state index is 5.64. The van der Waals surface area contributed by atoms with Gasteiger partial charge in [0.25, 0.3) is 0 Å². The van der Waals surface area contributed by atoms with Crippen LogP contribution in [-0.2, 0) is 5.41 Å². The average Bonchev–Trinajstić information content (AvgIpc) is 2.97. The molecule has 1 aromatic carbocycles. The van der Waals surface area contributed by atoms with E-state index in [1.807, 2.05) is 12.1 Å². The monoisotopic (exact) mass is 317 g/mol. The first-order chi connectivity index (χ1) is 11.4. The van der Waals surface area contributed by atoms with E-state index in [2.05, 4.69) is 65.7 Å². The first-order valence-corrected chi connectivity index (χ1v) is 7.92. The Hall–Kier alpha value is -2.95. The molecule has 0 atom stereocenters. The van der Waals surface area contributed by atoms with Crippen LogP contribution in [0.4, 0.5) is 5.95 Å². The van der Waals surface area contributed by atoms with Crippen LogP contribution >= 0.6 is 0 Å². The fraction of sp³-hybridized carbons (Fsp3) is 0.211. The summed E-state index contributed by atoms with van der Waals surface area (Å²) in [5.41, 5.74) is 10.8. The van der Waals surface area contributed by atoms with Crippen LogP contribution in [-0.4, -0.2) is 19.4 Å². The zero-order valence-electron chi connectivity index (χ0n) is 14.0. The number of fused-ring (bicyclic) bond motifs is 2. The van der Waals surface area contributed by atoms with Gasteiger partial charge in [0.15, 0.2) is 0 Å². The van der Waals surface area contributed by atoms with Gasteiger partial charge in [-0.05, 0) is 35.4 Å². The van der Waals surface area contributed by atoms with Gasteiger partial charge in [-0.3, -0.25) is 0 Å². The summed E-state index contributed by atoms with van der Waals surface area (Å²) in [7, 11) is 0. The van der Waals surface area contributed by atoms with E-state index in [9.17, 15) is 0 Å². The zero-order chi connectivity index (χ0) is 16.9. The van der Waals surface area contributed by atoms with Crippen LogP contribution in [0.1, 0.15) is 26.5 Å². The normalized spacial score (nSPS) is 12.1. The van der Waals surface area contributed by atoms with Gasteiger partial charge >= 0.3 is 0 Å². The first-order valence-electron chi connectivity index (χ1n) is 7.92. The van der Waals surface area contributed by atoms with E-state index in [1.54, 1.807) is 6.20 Å². The van der Waals surface area contributed by atoms with Crippen molar-refractivity contribution < 1.29 is 0 Å². The fourth-order valence-electron chi connectivity index (χ4n) is 2.75. The van der Waals surface area contributed by atoms with Gasteiger partial charge in [-0.15, -0.1) is 0 Å². The van der Waals surface area contributed by atoms with E-state index in [0.717, 1.165) is 33.4 Å². The van der Waals surface area contributed by atoms with Crippen molar-refractivity contribution in [3.8, 4) is 11.1 Å². The Labute approximate surface area is 140 Å². The minimum Gasteiger partial charge on any atom is -0.368 e. The molecule has 0 saturated heterocycles. The van der Waals surface area contributed by atoms with E-state index >= 15 is 0 Å². The second-order valence-electron chi connectivity index (χ2n) is 7.06. The molecule has 0 aliphatic heterocycles. The van der Waals surface area contributed by atoms with Crippen LogP contribution in [0.15, 0.2) is 48.9 Å². The lowest BCUT2D eigenvalue weighted by Crippen LogP contribution is -2.11. The molecule has 0 bridgehead atoms. The van der Waals surface area contributed by atoms with Gasteiger partial charge in [0, 0.05) is 29.4 Å². The number of aromatic nitrogens is 4. The van der Waals surface area contributed by atoms with Crippen molar-refractivity contribution in [2.24, 2.45) is 0 Å². The van der Waals surface area contributed by atoms with Gasteiger partial charge in [0.05, 0.1) is 11.2 Å². The first kappa shape index (κ1) is 14.6. The number of hydrogen-bond acceptors (Lipinski definition) is 4.